The minimum absolute atomic E-state index is 0.144. The van der Waals surface area contributed by atoms with Crippen LogP contribution in [-0.2, 0) is 0 Å². The van der Waals surface area contributed by atoms with Gasteiger partial charge in [-0.15, -0.1) is 0 Å². The summed E-state index contributed by atoms with van der Waals surface area (Å²) < 4.78 is 0. The Kier molecular flexibility index (Phi) is 4.74. The number of hydrogen-bond donors (Lipinski definition) is 4. The fourth-order valence-corrected chi connectivity index (χ4v) is 2.99. The molecule has 1 heterocycles. The number of aromatic amines is 1. The molecule has 0 aliphatic rings. The van der Waals surface area contributed by atoms with Crippen LogP contribution < -0.4 is 16.4 Å². The summed E-state index contributed by atoms with van der Waals surface area (Å²) in [6.45, 7) is 0. The van der Waals surface area contributed by atoms with Gasteiger partial charge in [-0.05, 0) is 66.8 Å². The molecule has 0 fully saturated rings. The second kappa shape index (κ2) is 7.50. The molecule has 4 rings (SSSR count). The van der Waals surface area contributed by atoms with E-state index in [9.17, 15) is 4.79 Å². The van der Waals surface area contributed by atoms with Crippen molar-refractivity contribution >= 4 is 45.6 Å². The molecule has 0 unspecified atom stereocenters. The van der Waals surface area contributed by atoms with Crippen LogP contribution in [0, 0.1) is 0 Å². The van der Waals surface area contributed by atoms with Crippen molar-refractivity contribution in [3.8, 4) is 11.4 Å². The second-order valence-corrected chi connectivity index (χ2v) is 6.64. The Labute approximate surface area is 166 Å². The number of anilines is 2. The van der Waals surface area contributed by atoms with Gasteiger partial charge in [0.25, 0.3) is 5.91 Å². The SMILES string of the molecule is NC(=S)Nc1ccc2nc(-c3ccc(NC(=O)c4ccccc4)cc3)[nH]c2c1. The Morgan fingerprint density at radius 1 is 0.929 bits per heavy atom. The van der Waals surface area contributed by atoms with Crippen molar-refractivity contribution in [1.29, 1.82) is 0 Å². The third-order valence-electron chi connectivity index (χ3n) is 4.20. The zero-order valence-electron chi connectivity index (χ0n) is 14.8. The van der Waals surface area contributed by atoms with Crippen LogP contribution in [0.5, 0.6) is 0 Å². The molecule has 0 radical (unpaired) electrons. The van der Waals surface area contributed by atoms with Crippen LogP contribution in [0.1, 0.15) is 10.4 Å². The van der Waals surface area contributed by atoms with Crippen molar-refractivity contribution in [1.82, 2.24) is 9.97 Å². The van der Waals surface area contributed by atoms with Gasteiger partial charge in [-0.3, -0.25) is 4.79 Å². The highest BCUT2D eigenvalue weighted by Crippen LogP contribution is 2.24. The third kappa shape index (κ3) is 3.84. The molecule has 0 saturated heterocycles. The average molecular weight is 387 g/mol. The lowest BCUT2D eigenvalue weighted by Gasteiger charge is -2.06. The summed E-state index contributed by atoms with van der Waals surface area (Å²) in [5.74, 6) is 0.596. The van der Waals surface area contributed by atoms with Crippen molar-refractivity contribution in [2.75, 3.05) is 10.6 Å². The Balaban J connectivity index is 1.53. The minimum atomic E-state index is -0.144. The molecule has 5 N–H and O–H groups in total. The molecular weight excluding hydrogens is 370 g/mol. The third-order valence-corrected chi connectivity index (χ3v) is 4.30. The monoisotopic (exact) mass is 387 g/mol. The highest BCUT2D eigenvalue weighted by atomic mass is 32.1. The van der Waals surface area contributed by atoms with Gasteiger partial charge in [0.2, 0.25) is 0 Å². The fraction of sp³-hybridized carbons (Fsp3) is 0. The number of benzene rings is 3. The summed E-state index contributed by atoms with van der Waals surface area (Å²) in [5, 5.41) is 6.01. The van der Waals surface area contributed by atoms with E-state index in [1.807, 2.05) is 60.7 Å². The van der Waals surface area contributed by atoms with E-state index < -0.39 is 0 Å². The standard InChI is InChI=1S/C21H17N5OS/c22-21(28)24-16-10-11-17-18(12-16)26-19(25-17)13-6-8-15(9-7-13)23-20(27)14-4-2-1-3-5-14/h1-12H,(H,23,27)(H,25,26)(H3,22,24,28). The number of fused-ring (bicyclic) bond motifs is 1. The molecule has 0 spiro atoms. The van der Waals surface area contributed by atoms with E-state index in [2.05, 4.69) is 20.6 Å². The number of amides is 1. The largest absolute Gasteiger partial charge is 0.376 e. The molecular formula is C21H17N5OS. The van der Waals surface area contributed by atoms with Gasteiger partial charge in [0, 0.05) is 22.5 Å². The van der Waals surface area contributed by atoms with E-state index >= 15 is 0 Å². The summed E-state index contributed by atoms with van der Waals surface area (Å²) in [6.07, 6.45) is 0. The maximum absolute atomic E-state index is 12.2. The smallest absolute Gasteiger partial charge is 0.255 e. The molecule has 0 saturated carbocycles. The van der Waals surface area contributed by atoms with Crippen LogP contribution in [0.4, 0.5) is 11.4 Å². The lowest BCUT2D eigenvalue weighted by Crippen LogP contribution is -2.18. The number of nitrogens with two attached hydrogens (primary N) is 1. The van der Waals surface area contributed by atoms with E-state index in [1.165, 1.54) is 0 Å². The lowest BCUT2D eigenvalue weighted by molar-refractivity contribution is 0.102. The van der Waals surface area contributed by atoms with Crippen LogP contribution in [0.3, 0.4) is 0 Å². The topological polar surface area (TPSA) is 95.8 Å². The van der Waals surface area contributed by atoms with Crippen LogP contribution in [0.25, 0.3) is 22.4 Å². The van der Waals surface area contributed by atoms with Crippen molar-refractivity contribution in [2.24, 2.45) is 5.73 Å². The van der Waals surface area contributed by atoms with Gasteiger partial charge >= 0.3 is 0 Å². The number of carbonyl (C=O) groups excluding carboxylic acids is 1. The van der Waals surface area contributed by atoms with Crippen molar-refractivity contribution < 1.29 is 4.79 Å². The average Bonchev–Trinajstić information content (AvgIpc) is 3.12. The predicted octanol–water partition coefficient (Wildman–Crippen LogP) is 4.14. The van der Waals surface area contributed by atoms with Gasteiger partial charge in [-0.2, -0.15) is 0 Å². The Morgan fingerprint density at radius 2 is 1.64 bits per heavy atom. The molecule has 28 heavy (non-hydrogen) atoms. The maximum atomic E-state index is 12.2. The molecule has 6 nitrogen and oxygen atoms in total. The molecule has 7 heteroatoms. The molecule has 0 atom stereocenters. The number of carbonyl (C=O) groups is 1. The highest BCUT2D eigenvalue weighted by molar-refractivity contribution is 7.80. The first-order chi connectivity index (χ1) is 13.6. The second-order valence-electron chi connectivity index (χ2n) is 6.20. The molecule has 138 valence electrons. The van der Waals surface area contributed by atoms with Crippen molar-refractivity contribution in [3.05, 3.63) is 78.4 Å². The first kappa shape index (κ1) is 17.7. The van der Waals surface area contributed by atoms with E-state index in [0.29, 0.717) is 5.56 Å². The van der Waals surface area contributed by atoms with Gasteiger partial charge < -0.3 is 21.4 Å². The van der Waals surface area contributed by atoms with Gasteiger partial charge in [0.1, 0.15) is 5.82 Å². The van der Waals surface area contributed by atoms with Crippen LogP contribution in [0.15, 0.2) is 72.8 Å². The number of nitrogens with zero attached hydrogens (tertiary/aromatic N) is 1. The Hall–Kier alpha value is -3.71. The molecule has 0 aliphatic heterocycles. The number of imidazole rings is 1. The fourth-order valence-electron chi connectivity index (χ4n) is 2.87. The van der Waals surface area contributed by atoms with Gasteiger partial charge in [-0.1, -0.05) is 18.2 Å². The first-order valence-corrected chi connectivity index (χ1v) is 9.02. The number of thiocarbonyl (C=S) groups is 1. The normalized spacial score (nSPS) is 10.6. The van der Waals surface area contributed by atoms with Gasteiger partial charge in [0.05, 0.1) is 11.0 Å². The first-order valence-electron chi connectivity index (χ1n) is 8.61. The summed E-state index contributed by atoms with van der Waals surface area (Å²) in [5.41, 5.74) is 10.3. The number of H-pyrrole nitrogens is 1. The molecule has 3 aromatic carbocycles. The molecule has 0 aliphatic carbocycles. The van der Waals surface area contributed by atoms with E-state index in [1.54, 1.807) is 12.1 Å². The quantitative estimate of drug-likeness (QED) is 0.395. The van der Waals surface area contributed by atoms with Crippen LogP contribution in [-0.4, -0.2) is 21.0 Å². The highest BCUT2D eigenvalue weighted by Gasteiger charge is 2.08. The maximum Gasteiger partial charge on any atom is 0.255 e. The number of rotatable bonds is 4. The minimum Gasteiger partial charge on any atom is -0.376 e. The lowest BCUT2D eigenvalue weighted by atomic mass is 10.1. The Bertz CT molecular complexity index is 1150. The van der Waals surface area contributed by atoms with Gasteiger partial charge in [-0.25, -0.2) is 4.98 Å². The van der Waals surface area contributed by atoms with Crippen molar-refractivity contribution in [2.45, 2.75) is 0 Å². The van der Waals surface area contributed by atoms with Gasteiger partial charge in [0.15, 0.2) is 5.11 Å². The zero-order chi connectivity index (χ0) is 19.5. The van der Waals surface area contributed by atoms with E-state index in [-0.39, 0.29) is 11.0 Å². The van der Waals surface area contributed by atoms with Crippen molar-refractivity contribution in [3.63, 3.8) is 0 Å². The summed E-state index contributed by atoms with van der Waals surface area (Å²) in [6, 6.07) is 22.3. The van der Waals surface area contributed by atoms with E-state index in [0.717, 1.165) is 33.8 Å². The number of nitrogens with one attached hydrogen (secondary N) is 3. The van der Waals surface area contributed by atoms with Crippen LogP contribution >= 0.6 is 12.2 Å². The molecule has 4 aromatic rings. The van der Waals surface area contributed by atoms with E-state index in [4.69, 9.17) is 18.0 Å². The molecule has 1 amide bonds. The molecule has 1 aromatic heterocycles. The summed E-state index contributed by atoms with van der Waals surface area (Å²) in [4.78, 5) is 20.1. The molecule has 0 bridgehead atoms. The zero-order valence-corrected chi connectivity index (χ0v) is 15.6. The number of aromatic nitrogens is 2. The predicted molar refractivity (Wildman–Crippen MR) is 116 cm³/mol. The summed E-state index contributed by atoms with van der Waals surface area (Å²) in [7, 11) is 0. The van der Waals surface area contributed by atoms with Crippen LogP contribution in [0.2, 0.25) is 0 Å². The number of hydrogen-bond acceptors (Lipinski definition) is 3. The summed E-state index contributed by atoms with van der Waals surface area (Å²) >= 11 is 4.87. The Morgan fingerprint density at radius 3 is 2.36 bits per heavy atom.